The van der Waals surface area contributed by atoms with Crippen LogP contribution in [-0.4, -0.2) is 33.5 Å². The van der Waals surface area contributed by atoms with Gasteiger partial charge in [-0.05, 0) is 55.0 Å². The second-order valence-electron chi connectivity index (χ2n) is 7.37. The average molecular weight is 440 g/mol. The third-order valence-corrected chi connectivity index (χ3v) is 4.97. The Morgan fingerprint density at radius 3 is 2.55 bits per heavy atom. The van der Waals surface area contributed by atoms with E-state index in [-0.39, 0.29) is 5.91 Å². The van der Waals surface area contributed by atoms with E-state index in [2.05, 4.69) is 22.4 Å². The Labute approximate surface area is 192 Å². The van der Waals surface area contributed by atoms with E-state index in [0.717, 1.165) is 41.1 Å². The number of ether oxygens (including phenoxy) is 1. The molecule has 33 heavy (non-hydrogen) atoms. The molecule has 0 fully saturated rings. The standard InChI is InChI=1S/C26H25N5O2/c1-2-3-17-33-24-11-9-20(10-12-24)25-22(19-31(30-25)23-7-5-4-6-8-23)18-28-29-26(32)21-13-15-27-16-14-21/h4-16,18-19H,2-3,17H2,1H3,(H,29,32)/b28-18-. The summed E-state index contributed by atoms with van der Waals surface area (Å²) in [6, 6.07) is 20.9. The fourth-order valence-electron chi connectivity index (χ4n) is 3.19. The third kappa shape index (κ3) is 5.71. The van der Waals surface area contributed by atoms with Crippen molar-refractivity contribution in [2.45, 2.75) is 19.8 Å². The molecule has 0 saturated heterocycles. The molecule has 0 saturated carbocycles. The fraction of sp³-hybridized carbons (Fsp3) is 0.154. The Kier molecular flexibility index (Phi) is 7.22. The summed E-state index contributed by atoms with van der Waals surface area (Å²) < 4.78 is 7.57. The summed E-state index contributed by atoms with van der Waals surface area (Å²) in [5.41, 5.74) is 6.42. The molecular weight excluding hydrogens is 414 g/mol. The lowest BCUT2D eigenvalue weighted by Crippen LogP contribution is -2.17. The van der Waals surface area contributed by atoms with Gasteiger partial charge in [0.15, 0.2) is 0 Å². The van der Waals surface area contributed by atoms with Crippen LogP contribution in [0.1, 0.15) is 35.7 Å². The molecule has 0 aliphatic carbocycles. The highest BCUT2D eigenvalue weighted by Crippen LogP contribution is 2.25. The minimum atomic E-state index is -0.306. The first-order valence-electron chi connectivity index (χ1n) is 10.9. The van der Waals surface area contributed by atoms with Crippen LogP contribution in [0.4, 0.5) is 0 Å². The van der Waals surface area contributed by atoms with Crippen LogP contribution in [0.3, 0.4) is 0 Å². The van der Waals surface area contributed by atoms with Crippen molar-refractivity contribution in [3.63, 3.8) is 0 Å². The molecule has 0 bridgehead atoms. The Balaban J connectivity index is 1.58. The molecule has 4 aromatic rings. The van der Waals surface area contributed by atoms with Gasteiger partial charge < -0.3 is 4.74 Å². The zero-order valence-corrected chi connectivity index (χ0v) is 18.4. The van der Waals surface area contributed by atoms with Gasteiger partial charge >= 0.3 is 0 Å². The summed E-state index contributed by atoms with van der Waals surface area (Å²) in [7, 11) is 0. The van der Waals surface area contributed by atoms with Crippen molar-refractivity contribution in [3.05, 3.63) is 96.4 Å². The summed E-state index contributed by atoms with van der Waals surface area (Å²) >= 11 is 0. The predicted octanol–water partition coefficient (Wildman–Crippen LogP) is 4.88. The van der Waals surface area contributed by atoms with Gasteiger partial charge in [-0.3, -0.25) is 9.78 Å². The number of aromatic nitrogens is 3. The highest BCUT2D eigenvalue weighted by Gasteiger charge is 2.12. The maximum atomic E-state index is 12.3. The van der Waals surface area contributed by atoms with Gasteiger partial charge in [0.2, 0.25) is 0 Å². The Hall–Kier alpha value is -4.26. The van der Waals surface area contributed by atoms with E-state index in [1.54, 1.807) is 35.4 Å². The molecule has 2 aromatic carbocycles. The molecule has 0 spiro atoms. The number of hydrazone groups is 1. The first-order valence-corrected chi connectivity index (χ1v) is 10.9. The van der Waals surface area contributed by atoms with E-state index in [9.17, 15) is 4.79 Å². The van der Waals surface area contributed by atoms with Crippen LogP contribution in [0.25, 0.3) is 16.9 Å². The van der Waals surface area contributed by atoms with Gasteiger partial charge in [-0.1, -0.05) is 31.5 Å². The summed E-state index contributed by atoms with van der Waals surface area (Å²) in [4.78, 5) is 16.2. The van der Waals surface area contributed by atoms with Gasteiger partial charge in [0, 0.05) is 35.3 Å². The quantitative estimate of drug-likeness (QED) is 0.229. The molecule has 2 heterocycles. The second-order valence-corrected chi connectivity index (χ2v) is 7.37. The zero-order chi connectivity index (χ0) is 22.9. The lowest BCUT2D eigenvalue weighted by Gasteiger charge is -2.06. The van der Waals surface area contributed by atoms with E-state index >= 15 is 0 Å². The van der Waals surface area contributed by atoms with Gasteiger partial charge in [0.25, 0.3) is 5.91 Å². The minimum absolute atomic E-state index is 0.306. The number of nitrogens with zero attached hydrogens (tertiary/aromatic N) is 4. The lowest BCUT2D eigenvalue weighted by atomic mass is 10.1. The summed E-state index contributed by atoms with van der Waals surface area (Å²) in [6.07, 6.45) is 8.74. The number of nitrogens with one attached hydrogen (secondary N) is 1. The molecule has 2 aromatic heterocycles. The van der Waals surface area contributed by atoms with Gasteiger partial charge in [-0.25, -0.2) is 10.1 Å². The Morgan fingerprint density at radius 1 is 1.06 bits per heavy atom. The maximum absolute atomic E-state index is 12.3. The number of rotatable bonds is 9. The Morgan fingerprint density at radius 2 is 1.82 bits per heavy atom. The largest absolute Gasteiger partial charge is 0.494 e. The van der Waals surface area contributed by atoms with Crippen molar-refractivity contribution in [1.29, 1.82) is 0 Å². The van der Waals surface area contributed by atoms with Gasteiger partial charge in [0.05, 0.1) is 18.5 Å². The van der Waals surface area contributed by atoms with E-state index in [4.69, 9.17) is 9.84 Å². The average Bonchev–Trinajstić information content (AvgIpc) is 3.30. The SMILES string of the molecule is CCCCOc1ccc(-c2nn(-c3ccccc3)cc2/C=N\NC(=O)c2ccncc2)cc1. The molecule has 7 heteroatoms. The summed E-state index contributed by atoms with van der Waals surface area (Å²) in [6.45, 7) is 2.84. The number of carbonyl (C=O) groups is 1. The third-order valence-electron chi connectivity index (χ3n) is 4.97. The van der Waals surface area contributed by atoms with Crippen molar-refractivity contribution in [2.24, 2.45) is 5.10 Å². The van der Waals surface area contributed by atoms with Gasteiger partial charge in [-0.2, -0.15) is 10.2 Å². The summed E-state index contributed by atoms with van der Waals surface area (Å²) in [5, 5.41) is 8.93. The molecule has 7 nitrogen and oxygen atoms in total. The van der Waals surface area contributed by atoms with Crippen molar-refractivity contribution in [1.82, 2.24) is 20.2 Å². The van der Waals surface area contributed by atoms with Crippen LogP contribution in [0, 0.1) is 0 Å². The van der Waals surface area contributed by atoms with Gasteiger partial charge in [0.1, 0.15) is 11.4 Å². The van der Waals surface area contributed by atoms with E-state index in [0.29, 0.717) is 12.2 Å². The van der Waals surface area contributed by atoms with Crippen LogP contribution < -0.4 is 10.2 Å². The number of para-hydroxylation sites is 1. The number of amides is 1. The number of benzene rings is 2. The number of unbranched alkanes of at least 4 members (excludes halogenated alkanes) is 1. The van der Waals surface area contributed by atoms with Crippen molar-refractivity contribution >= 4 is 12.1 Å². The molecule has 0 unspecified atom stereocenters. The van der Waals surface area contributed by atoms with Crippen LogP contribution in [0.15, 0.2) is 90.4 Å². The molecule has 4 rings (SSSR count). The van der Waals surface area contributed by atoms with E-state index < -0.39 is 0 Å². The molecule has 0 atom stereocenters. The summed E-state index contributed by atoms with van der Waals surface area (Å²) in [5.74, 6) is 0.522. The van der Waals surface area contributed by atoms with Crippen LogP contribution in [0.5, 0.6) is 5.75 Å². The fourth-order valence-corrected chi connectivity index (χ4v) is 3.19. The normalized spacial score (nSPS) is 10.9. The highest BCUT2D eigenvalue weighted by molar-refractivity contribution is 5.95. The van der Waals surface area contributed by atoms with E-state index in [1.165, 1.54) is 0 Å². The van der Waals surface area contributed by atoms with Crippen LogP contribution in [-0.2, 0) is 0 Å². The number of pyridine rings is 1. The first-order chi connectivity index (χ1) is 16.2. The molecule has 1 amide bonds. The zero-order valence-electron chi connectivity index (χ0n) is 18.4. The van der Waals surface area contributed by atoms with Crippen LogP contribution >= 0.6 is 0 Å². The molecule has 1 N–H and O–H groups in total. The smallest absolute Gasteiger partial charge is 0.271 e. The van der Waals surface area contributed by atoms with Crippen molar-refractivity contribution in [2.75, 3.05) is 6.61 Å². The Bertz CT molecular complexity index is 1200. The number of carbonyl (C=O) groups excluding carboxylic acids is 1. The highest BCUT2D eigenvalue weighted by atomic mass is 16.5. The topological polar surface area (TPSA) is 81.4 Å². The van der Waals surface area contributed by atoms with E-state index in [1.807, 2.05) is 60.8 Å². The second kappa shape index (κ2) is 10.9. The number of hydrogen-bond donors (Lipinski definition) is 1. The predicted molar refractivity (Wildman–Crippen MR) is 129 cm³/mol. The van der Waals surface area contributed by atoms with Crippen LogP contribution in [0.2, 0.25) is 0 Å². The first kappa shape index (κ1) is 22.0. The number of hydrogen-bond acceptors (Lipinski definition) is 5. The molecule has 0 aliphatic heterocycles. The van der Waals surface area contributed by atoms with Gasteiger partial charge in [-0.15, -0.1) is 0 Å². The molecule has 0 radical (unpaired) electrons. The molecular formula is C26H25N5O2. The molecule has 0 aliphatic rings. The minimum Gasteiger partial charge on any atom is -0.494 e. The van der Waals surface area contributed by atoms with Crippen molar-refractivity contribution in [3.8, 4) is 22.7 Å². The maximum Gasteiger partial charge on any atom is 0.271 e. The monoisotopic (exact) mass is 439 g/mol. The molecule has 166 valence electrons. The van der Waals surface area contributed by atoms with Crippen molar-refractivity contribution < 1.29 is 9.53 Å². The lowest BCUT2D eigenvalue weighted by molar-refractivity contribution is 0.0955.